The van der Waals surface area contributed by atoms with Crippen LogP contribution in [0.1, 0.15) is 45.4 Å². The molecule has 0 radical (unpaired) electrons. The summed E-state index contributed by atoms with van der Waals surface area (Å²) in [5.41, 5.74) is 0.300. The van der Waals surface area contributed by atoms with Crippen molar-refractivity contribution in [3.63, 3.8) is 0 Å². The first-order valence-corrected chi connectivity index (χ1v) is 9.03. The van der Waals surface area contributed by atoms with E-state index in [1.807, 2.05) is 7.05 Å². The molecule has 0 amide bonds. The first kappa shape index (κ1) is 19.2. The molecule has 2 aliphatic carbocycles. The van der Waals surface area contributed by atoms with Crippen LogP contribution < -0.4 is 10.6 Å². The minimum atomic E-state index is 0. The highest BCUT2D eigenvalue weighted by atomic mass is 127. The van der Waals surface area contributed by atoms with Crippen LogP contribution in [0.4, 0.5) is 0 Å². The summed E-state index contributed by atoms with van der Waals surface area (Å²) >= 11 is 0. The van der Waals surface area contributed by atoms with Crippen LogP contribution in [-0.2, 0) is 4.74 Å². The average molecular weight is 436 g/mol. The molecule has 1 heterocycles. The third-order valence-corrected chi connectivity index (χ3v) is 5.71. The van der Waals surface area contributed by atoms with Gasteiger partial charge < -0.3 is 15.4 Å². The second-order valence-electron chi connectivity index (χ2n) is 7.27. The number of hydrogen-bond acceptors (Lipinski definition) is 3. The molecule has 0 aromatic rings. The van der Waals surface area contributed by atoms with Crippen molar-refractivity contribution < 1.29 is 4.74 Å². The number of nitrogens with one attached hydrogen (secondary N) is 2. The Morgan fingerprint density at radius 2 is 1.87 bits per heavy atom. The maximum Gasteiger partial charge on any atom is 0.191 e. The standard InChI is InChI=1S/C17H32N4O.HI/c1-14-12-15(14)20-16(18-2)19-13-17(6-4-3-5-7-17)21-8-10-22-11-9-21;/h14-15H,3-13H2,1-2H3,(H2,18,19,20);1H. The van der Waals surface area contributed by atoms with E-state index >= 15 is 0 Å². The summed E-state index contributed by atoms with van der Waals surface area (Å²) in [6.45, 7) is 7.22. The van der Waals surface area contributed by atoms with E-state index in [0.717, 1.165) is 44.7 Å². The number of rotatable bonds is 4. The van der Waals surface area contributed by atoms with E-state index in [-0.39, 0.29) is 24.0 Å². The molecule has 1 saturated heterocycles. The van der Waals surface area contributed by atoms with Gasteiger partial charge >= 0.3 is 0 Å². The van der Waals surface area contributed by atoms with Crippen LogP contribution in [0.5, 0.6) is 0 Å². The summed E-state index contributed by atoms with van der Waals surface area (Å²) < 4.78 is 5.56. The highest BCUT2D eigenvalue weighted by Crippen LogP contribution is 2.34. The van der Waals surface area contributed by atoms with Crippen LogP contribution in [-0.4, -0.2) is 62.3 Å². The predicted octanol–water partition coefficient (Wildman–Crippen LogP) is 2.21. The van der Waals surface area contributed by atoms with Crippen LogP contribution in [0.25, 0.3) is 0 Å². The first-order chi connectivity index (χ1) is 10.7. The van der Waals surface area contributed by atoms with Gasteiger partial charge in [0.2, 0.25) is 0 Å². The molecule has 2 saturated carbocycles. The molecule has 3 aliphatic rings. The van der Waals surface area contributed by atoms with E-state index in [1.54, 1.807) is 0 Å². The SMILES string of the molecule is CN=C(NCC1(N2CCOCC2)CCCCC1)NC1CC1C.I. The minimum absolute atomic E-state index is 0. The number of morpholine rings is 1. The Hall–Kier alpha value is -0.0800. The zero-order valence-corrected chi connectivity index (χ0v) is 17.0. The molecule has 2 atom stereocenters. The summed E-state index contributed by atoms with van der Waals surface area (Å²) in [5.74, 6) is 1.77. The van der Waals surface area contributed by atoms with E-state index < -0.39 is 0 Å². The summed E-state index contributed by atoms with van der Waals surface area (Å²) in [5, 5.41) is 7.17. The van der Waals surface area contributed by atoms with Gasteiger partial charge in [-0.1, -0.05) is 26.2 Å². The molecule has 5 nitrogen and oxygen atoms in total. The normalized spacial score (nSPS) is 31.1. The average Bonchev–Trinajstić information content (AvgIpc) is 3.28. The fourth-order valence-electron chi connectivity index (χ4n) is 3.99. The Bertz CT molecular complexity index is 392. The number of aliphatic imine (C=N–C) groups is 1. The molecular formula is C17H33IN4O. The topological polar surface area (TPSA) is 48.9 Å². The Morgan fingerprint density at radius 1 is 1.22 bits per heavy atom. The Labute approximate surface area is 158 Å². The second kappa shape index (κ2) is 8.85. The van der Waals surface area contributed by atoms with Gasteiger partial charge in [0.25, 0.3) is 0 Å². The van der Waals surface area contributed by atoms with Crippen molar-refractivity contribution in [1.82, 2.24) is 15.5 Å². The Morgan fingerprint density at radius 3 is 2.43 bits per heavy atom. The number of nitrogens with zero attached hydrogens (tertiary/aromatic N) is 2. The van der Waals surface area contributed by atoms with Gasteiger partial charge in [-0.2, -0.15) is 0 Å². The van der Waals surface area contributed by atoms with Crippen molar-refractivity contribution in [1.29, 1.82) is 0 Å². The van der Waals surface area contributed by atoms with Gasteiger partial charge in [0.1, 0.15) is 0 Å². The monoisotopic (exact) mass is 436 g/mol. The maximum atomic E-state index is 5.56. The van der Waals surface area contributed by atoms with Crippen LogP contribution in [0, 0.1) is 5.92 Å². The number of hydrogen-bond donors (Lipinski definition) is 2. The lowest BCUT2D eigenvalue weighted by Crippen LogP contribution is -2.60. The first-order valence-electron chi connectivity index (χ1n) is 9.03. The zero-order valence-electron chi connectivity index (χ0n) is 14.6. The van der Waals surface area contributed by atoms with Gasteiger partial charge in [0.15, 0.2) is 5.96 Å². The summed E-state index contributed by atoms with van der Waals surface area (Å²) in [4.78, 5) is 7.09. The number of halogens is 1. The highest BCUT2D eigenvalue weighted by molar-refractivity contribution is 14.0. The largest absolute Gasteiger partial charge is 0.379 e. The summed E-state index contributed by atoms with van der Waals surface area (Å²) in [7, 11) is 1.88. The van der Waals surface area contributed by atoms with Crippen LogP contribution in [0.2, 0.25) is 0 Å². The molecule has 0 spiro atoms. The molecule has 2 N–H and O–H groups in total. The van der Waals surface area contributed by atoms with Gasteiger partial charge in [-0.25, -0.2) is 0 Å². The van der Waals surface area contributed by atoms with Crippen molar-refractivity contribution in [2.75, 3.05) is 39.9 Å². The number of ether oxygens (including phenoxy) is 1. The molecule has 3 rings (SSSR count). The third-order valence-electron chi connectivity index (χ3n) is 5.71. The molecule has 6 heteroatoms. The predicted molar refractivity (Wildman–Crippen MR) is 106 cm³/mol. The van der Waals surface area contributed by atoms with Crippen molar-refractivity contribution in [2.24, 2.45) is 10.9 Å². The van der Waals surface area contributed by atoms with Crippen LogP contribution in [0.3, 0.4) is 0 Å². The van der Waals surface area contributed by atoms with E-state index in [1.165, 1.54) is 38.5 Å². The maximum absolute atomic E-state index is 5.56. The molecule has 0 bridgehead atoms. The van der Waals surface area contributed by atoms with Gasteiger partial charge in [0.05, 0.1) is 13.2 Å². The number of guanidine groups is 1. The fraction of sp³-hybridized carbons (Fsp3) is 0.941. The molecule has 0 aromatic carbocycles. The molecular weight excluding hydrogens is 403 g/mol. The fourth-order valence-corrected chi connectivity index (χ4v) is 3.99. The lowest BCUT2D eigenvalue weighted by atomic mass is 9.80. The zero-order chi connectivity index (χ0) is 15.4. The van der Waals surface area contributed by atoms with E-state index in [9.17, 15) is 0 Å². The van der Waals surface area contributed by atoms with Crippen molar-refractivity contribution >= 4 is 29.9 Å². The third kappa shape index (κ3) is 4.95. The molecule has 23 heavy (non-hydrogen) atoms. The van der Waals surface area contributed by atoms with Crippen LogP contribution >= 0.6 is 24.0 Å². The van der Waals surface area contributed by atoms with E-state index in [0.29, 0.717) is 11.6 Å². The lowest BCUT2D eigenvalue weighted by Gasteiger charge is -2.48. The quantitative estimate of drug-likeness (QED) is 0.403. The molecule has 0 aromatic heterocycles. The molecule has 134 valence electrons. The molecule has 2 unspecified atom stereocenters. The molecule has 1 aliphatic heterocycles. The minimum Gasteiger partial charge on any atom is -0.379 e. The molecule has 3 fully saturated rings. The van der Waals surface area contributed by atoms with Gasteiger partial charge in [0, 0.05) is 38.3 Å². The Kier molecular flexibility index (Phi) is 7.41. The lowest BCUT2D eigenvalue weighted by molar-refractivity contribution is -0.0352. The van der Waals surface area contributed by atoms with Gasteiger partial charge in [-0.15, -0.1) is 24.0 Å². The van der Waals surface area contributed by atoms with E-state index in [4.69, 9.17) is 4.74 Å². The van der Waals surface area contributed by atoms with E-state index in [2.05, 4.69) is 27.4 Å². The van der Waals surface area contributed by atoms with Crippen molar-refractivity contribution in [3.05, 3.63) is 0 Å². The van der Waals surface area contributed by atoms with Crippen molar-refractivity contribution in [3.8, 4) is 0 Å². The smallest absolute Gasteiger partial charge is 0.191 e. The summed E-state index contributed by atoms with van der Waals surface area (Å²) in [6.07, 6.45) is 7.97. The Balaban J connectivity index is 0.00000192. The highest BCUT2D eigenvalue weighted by Gasteiger charge is 2.39. The van der Waals surface area contributed by atoms with Crippen LogP contribution in [0.15, 0.2) is 4.99 Å². The van der Waals surface area contributed by atoms with Crippen molar-refractivity contribution in [2.45, 2.75) is 57.0 Å². The van der Waals surface area contributed by atoms with Gasteiger partial charge in [-0.3, -0.25) is 9.89 Å². The van der Waals surface area contributed by atoms with Gasteiger partial charge in [-0.05, 0) is 25.2 Å². The summed E-state index contributed by atoms with van der Waals surface area (Å²) in [6, 6.07) is 0.622. The second-order valence-corrected chi connectivity index (χ2v) is 7.27.